The van der Waals surface area contributed by atoms with Gasteiger partial charge < -0.3 is 4.74 Å². The third kappa shape index (κ3) is 1.96. The summed E-state index contributed by atoms with van der Waals surface area (Å²) in [5, 5.41) is 0. The first-order chi connectivity index (χ1) is 8.57. The molecule has 2 fully saturated rings. The molecule has 0 aromatic heterocycles. The summed E-state index contributed by atoms with van der Waals surface area (Å²) in [5.41, 5.74) is 0.802. The van der Waals surface area contributed by atoms with Crippen molar-refractivity contribution in [1.29, 1.82) is 0 Å². The Kier molecular flexibility index (Phi) is 2.92. The molecule has 2 aliphatic heterocycles. The maximum Gasteiger partial charge on any atom is 0.243 e. The lowest BCUT2D eigenvalue weighted by Crippen LogP contribution is -2.45. The highest BCUT2D eigenvalue weighted by molar-refractivity contribution is 7.89. The van der Waals surface area contributed by atoms with Crippen molar-refractivity contribution in [2.24, 2.45) is 0 Å². The van der Waals surface area contributed by atoms with Crippen molar-refractivity contribution < 1.29 is 13.2 Å². The van der Waals surface area contributed by atoms with Crippen LogP contribution in [0, 0.1) is 6.92 Å². The minimum atomic E-state index is -3.37. The Bertz CT molecular complexity index is 543. The van der Waals surface area contributed by atoms with Gasteiger partial charge in [0.05, 0.1) is 17.1 Å². The maximum atomic E-state index is 12.6. The molecule has 0 aliphatic carbocycles. The number of nitrogens with zero attached hydrogens (tertiary/aromatic N) is 1. The predicted molar refractivity (Wildman–Crippen MR) is 67.8 cm³/mol. The van der Waals surface area contributed by atoms with Gasteiger partial charge in [0.1, 0.15) is 0 Å². The molecule has 2 aliphatic rings. The Morgan fingerprint density at radius 1 is 1.17 bits per heavy atom. The highest BCUT2D eigenvalue weighted by Crippen LogP contribution is 2.30. The fraction of sp³-hybridized carbons (Fsp3) is 0.538. The summed E-state index contributed by atoms with van der Waals surface area (Å²) in [7, 11) is -3.37. The lowest BCUT2D eigenvalue weighted by molar-refractivity contribution is -0.0114. The molecule has 0 saturated carbocycles. The van der Waals surface area contributed by atoms with Crippen LogP contribution in [0.4, 0.5) is 0 Å². The molecule has 0 spiro atoms. The predicted octanol–water partition coefficient (Wildman–Crippen LogP) is 1.55. The molecule has 2 heterocycles. The summed E-state index contributed by atoms with van der Waals surface area (Å²) in [5.74, 6) is 0. The summed E-state index contributed by atoms with van der Waals surface area (Å²) in [6, 6.07) is 7.15. The largest absolute Gasteiger partial charge is 0.372 e. The molecular formula is C13H17NO3S. The fourth-order valence-corrected chi connectivity index (χ4v) is 4.49. The molecule has 0 radical (unpaired) electrons. The summed E-state index contributed by atoms with van der Waals surface area (Å²) in [6.07, 6.45) is 2.12. The lowest BCUT2D eigenvalue weighted by Gasteiger charge is -2.31. The molecule has 1 aromatic carbocycles. The molecule has 2 atom stereocenters. The van der Waals surface area contributed by atoms with E-state index in [9.17, 15) is 8.42 Å². The lowest BCUT2D eigenvalue weighted by atomic mass is 10.2. The van der Waals surface area contributed by atoms with Gasteiger partial charge in [-0.3, -0.25) is 0 Å². The van der Waals surface area contributed by atoms with Crippen LogP contribution in [0.5, 0.6) is 0 Å². The number of morpholine rings is 1. The molecule has 98 valence electrons. The molecule has 18 heavy (non-hydrogen) atoms. The van der Waals surface area contributed by atoms with Crippen LogP contribution in [-0.4, -0.2) is 38.0 Å². The van der Waals surface area contributed by atoms with Crippen molar-refractivity contribution >= 4 is 10.0 Å². The van der Waals surface area contributed by atoms with Gasteiger partial charge in [-0.2, -0.15) is 4.31 Å². The molecule has 0 N–H and O–H groups in total. The molecule has 5 heteroatoms. The minimum absolute atomic E-state index is 0.0857. The van der Waals surface area contributed by atoms with Gasteiger partial charge in [0.15, 0.2) is 0 Å². The summed E-state index contributed by atoms with van der Waals surface area (Å²) >= 11 is 0. The average Bonchev–Trinajstić information content (AvgIpc) is 2.68. The first-order valence-corrected chi connectivity index (χ1v) is 7.72. The Hall–Kier alpha value is -0.910. The van der Waals surface area contributed by atoms with E-state index in [1.54, 1.807) is 16.4 Å². The second kappa shape index (κ2) is 4.33. The van der Waals surface area contributed by atoms with E-state index >= 15 is 0 Å². The number of rotatable bonds is 2. The second-order valence-electron chi connectivity index (χ2n) is 5.04. The molecule has 2 bridgehead atoms. The van der Waals surface area contributed by atoms with E-state index in [1.165, 1.54) is 0 Å². The van der Waals surface area contributed by atoms with Crippen molar-refractivity contribution in [2.45, 2.75) is 36.9 Å². The van der Waals surface area contributed by atoms with Crippen LogP contribution < -0.4 is 0 Å². The topological polar surface area (TPSA) is 46.6 Å². The number of hydrogen-bond donors (Lipinski definition) is 0. The van der Waals surface area contributed by atoms with Crippen molar-refractivity contribution in [2.75, 3.05) is 13.1 Å². The number of hydrogen-bond acceptors (Lipinski definition) is 3. The van der Waals surface area contributed by atoms with E-state index in [-0.39, 0.29) is 12.2 Å². The number of fused-ring (bicyclic) bond motifs is 2. The van der Waals surface area contributed by atoms with Crippen molar-refractivity contribution in [3.63, 3.8) is 0 Å². The SMILES string of the molecule is Cc1ccccc1S(=O)(=O)N1CC2CCC(C1)O2. The average molecular weight is 267 g/mol. The summed E-state index contributed by atoms with van der Waals surface area (Å²) in [6.45, 7) is 2.82. The Morgan fingerprint density at radius 3 is 2.39 bits per heavy atom. The second-order valence-corrected chi connectivity index (χ2v) is 6.95. The van der Waals surface area contributed by atoms with Gasteiger partial charge in [0.25, 0.3) is 0 Å². The number of ether oxygens (including phenoxy) is 1. The number of sulfonamides is 1. The quantitative estimate of drug-likeness (QED) is 0.816. The zero-order chi connectivity index (χ0) is 12.8. The van der Waals surface area contributed by atoms with Gasteiger partial charge in [-0.1, -0.05) is 18.2 Å². The zero-order valence-corrected chi connectivity index (χ0v) is 11.2. The van der Waals surface area contributed by atoms with Gasteiger partial charge in [0.2, 0.25) is 10.0 Å². The van der Waals surface area contributed by atoms with E-state index in [2.05, 4.69) is 0 Å². The molecule has 1 aromatic rings. The number of benzene rings is 1. The minimum Gasteiger partial charge on any atom is -0.372 e. The van der Waals surface area contributed by atoms with Crippen LogP contribution in [-0.2, 0) is 14.8 Å². The monoisotopic (exact) mass is 267 g/mol. The van der Waals surface area contributed by atoms with Crippen LogP contribution in [0.25, 0.3) is 0 Å². The van der Waals surface area contributed by atoms with E-state index < -0.39 is 10.0 Å². The van der Waals surface area contributed by atoms with Crippen LogP contribution in [0.3, 0.4) is 0 Å². The molecule has 3 rings (SSSR count). The first kappa shape index (κ1) is 12.1. The van der Waals surface area contributed by atoms with Crippen LogP contribution in [0.1, 0.15) is 18.4 Å². The summed E-state index contributed by atoms with van der Waals surface area (Å²) in [4.78, 5) is 0.423. The molecule has 0 amide bonds. The third-order valence-electron chi connectivity index (χ3n) is 3.72. The van der Waals surface area contributed by atoms with E-state index in [4.69, 9.17) is 4.74 Å². The van der Waals surface area contributed by atoms with E-state index in [0.29, 0.717) is 18.0 Å². The Morgan fingerprint density at radius 2 is 1.78 bits per heavy atom. The van der Waals surface area contributed by atoms with Crippen molar-refractivity contribution in [3.05, 3.63) is 29.8 Å². The standard InChI is InChI=1S/C13H17NO3S/c1-10-4-2-3-5-13(10)18(15,16)14-8-11-6-7-12(9-14)17-11/h2-5,11-12H,6-9H2,1H3. The summed E-state index contributed by atoms with van der Waals surface area (Å²) < 4.78 is 32.5. The number of aryl methyl sites for hydroxylation is 1. The van der Waals surface area contributed by atoms with Crippen molar-refractivity contribution in [3.8, 4) is 0 Å². The van der Waals surface area contributed by atoms with Crippen LogP contribution >= 0.6 is 0 Å². The van der Waals surface area contributed by atoms with E-state index in [0.717, 1.165) is 18.4 Å². The zero-order valence-electron chi connectivity index (χ0n) is 10.4. The highest BCUT2D eigenvalue weighted by Gasteiger charge is 2.39. The van der Waals surface area contributed by atoms with Gasteiger partial charge in [-0.05, 0) is 31.4 Å². The first-order valence-electron chi connectivity index (χ1n) is 6.28. The van der Waals surface area contributed by atoms with Gasteiger partial charge in [0, 0.05) is 13.1 Å². The van der Waals surface area contributed by atoms with Gasteiger partial charge >= 0.3 is 0 Å². The van der Waals surface area contributed by atoms with E-state index in [1.807, 2.05) is 19.1 Å². The molecular weight excluding hydrogens is 250 g/mol. The van der Waals surface area contributed by atoms with Crippen LogP contribution in [0.2, 0.25) is 0 Å². The third-order valence-corrected chi connectivity index (χ3v) is 5.71. The normalized spacial score (nSPS) is 28.5. The fourth-order valence-electron chi connectivity index (χ4n) is 2.76. The molecule has 2 unspecified atom stereocenters. The molecule has 2 saturated heterocycles. The maximum absolute atomic E-state index is 12.6. The smallest absolute Gasteiger partial charge is 0.243 e. The van der Waals surface area contributed by atoms with Crippen molar-refractivity contribution in [1.82, 2.24) is 4.31 Å². The molecule has 4 nitrogen and oxygen atoms in total. The highest BCUT2D eigenvalue weighted by atomic mass is 32.2. The Labute approximate surface area is 108 Å². The Balaban J connectivity index is 1.94. The van der Waals surface area contributed by atoms with Gasteiger partial charge in [-0.25, -0.2) is 8.42 Å². The van der Waals surface area contributed by atoms with Gasteiger partial charge in [-0.15, -0.1) is 0 Å². The van der Waals surface area contributed by atoms with Crippen LogP contribution in [0.15, 0.2) is 29.2 Å².